The second-order valence-corrected chi connectivity index (χ2v) is 10.7. The van der Waals surface area contributed by atoms with E-state index in [2.05, 4.69) is 24.3 Å². The summed E-state index contributed by atoms with van der Waals surface area (Å²) in [6, 6.07) is 24.8. The topological polar surface area (TPSA) is 91.1 Å². The Kier molecular flexibility index (Phi) is 8.29. The summed E-state index contributed by atoms with van der Waals surface area (Å²) in [4.78, 5) is 28.0. The molecule has 7 nitrogen and oxygen atoms in total. The van der Waals surface area contributed by atoms with E-state index >= 15 is 0 Å². The Hall–Kier alpha value is -3.68. The maximum atomic E-state index is 13.8. The number of nitrogens with two attached hydrogens (primary N) is 1. The van der Waals surface area contributed by atoms with Crippen LogP contribution in [-0.4, -0.2) is 48.5 Å². The van der Waals surface area contributed by atoms with Gasteiger partial charge in [-0.1, -0.05) is 92.7 Å². The monoisotopic (exact) mass is 528 g/mol. The highest BCUT2D eigenvalue weighted by molar-refractivity contribution is 5.85. The van der Waals surface area contributed by atoms with Crippen LogP contribution >= 0.6 is 0 Å². The summed E-state index contributed by atoms with van der Waals surface area (Å²) in [6.45, 7) is 4.89. The summed E-state index contributed by atoms with van der Waals surface area (Å²) >= 11 is 0. The molecule has 1 saturated heterocycles. The van der Waals surface area contributed by atoms with Crippen LogP contribution in [0.4, 0.5) is 4.79 Å². The lowest BCUT2D eigenvalue weighted by atomic mass is 9.98. The highest BCUT2D eigenvalue weighted by Crippen LogP contribution is 2.44. The third-order valence-corrected chi connectivity index (χ3v) is 7.53. The molecule has 204 valence electrons. The van der Waals surface area contributed by atoms with Crippen molar-refractivity contribution in [3.05, 3.63) is 95.6 Å². The van der Waals surface area contributed by atoms with Gasteiger partial charge in [-0.2, -0.15) is 0 Å². The minimum absolute atomic E-state index is 0.0923. The molecule has 0 bridgehead atoms. The standard InChI is InChI=1S/C32H36N2O5/c1-21(2)18-29(30(33)35)34(28-16-17-37-31(28)38-19-22-10-4-3-5-11-22)32(36)39-20-27-25-14-8-6-12-23(25)24-13-7-9-15-26(24)27/h3-15,21,27-29,31H,16-20H2,1-2H3,(H2,33,35)/t28-,29-,31?/m0/s1. The predicted molar refractivity (Wildman–Crippen MR) is 149 cm³/mol. The van der Waals surface area contributed by atoms with E-state index in [1.807, 2.05) is 68.4 Å². The SMILES string of the molecule is CC(C)C[C@@H](C(N)=O)N(C(=O)OCC1c2ccccc2-c2ccccc21)[C@H]1CCOC1OCc1ccccc1. The zero-order chi connectivity index (χ0) is 27.4. The van der Waals surface area contributed by atoms with E-state index in [9.17, 15) is 9.59 Å². The molecule has 1 unspecified atom stereocenters. The molecule has 0 radical (unpaired) electrons. The van der Waals surface area contributed by atoms with Crippen LogP contribution in [0.2, 0.25) is 0 Å². The number of fused-ring (bicyclic) bond motifs is 3. The molecule has 0 saturated carbocycles. The molecule has 0 spiro atoms. The first-order valence-electron chi connectivity index (χ1n) is 13.6. The van der Waals surface area contributed by atoms with Crippen molar-refractivity contribution in [2.75, 3.05) is 13.2 Å². The average molecular weight is 529 g/mol. The van der Waals surface area contributed by atoms with E-state index in [1.165, 1.54) is 4.90 Å². The molecule has 5 rings (SSSR count). The zero-order valence-corrected chi connectivity index (χ0v) is 22.5. The van der Waals surface area contributed by atoms with Crippen molar-refractivity contribution >= 4 is 12.0 Å². The van der Waals surface area contributed by atoms with Crippen molar-refractivity contribution in [1.29, 1.82) is 0 Å². The highest BCUT2D eigenvalue weighted by atomic mass is 16.7. The number of primary amides is 1. The number of ether oxygens (including phenoxy) is 3. The Morgan fingerprint density at radius 1 is 0.949 bits per heavy atom. The summed E-state index contributed by atoms with van der Waals surface area (Å²) < 4.78 is 18.0. The molecule has 1 aliphatic heterocycles. The molecule has 1 fully saturated rings. The van der Waals surface area contributed by atoms with Crippen molar-refractivity contribution < 1.29 is 23.8 Å². The van der Waals surface area contributed by atoms with Crippen molar-refractivity contribution in [2.45, 2.75) is 57.6 Å². The van der Waals surface area contributed by atoms with Crippen molar-refractivity contribution in [2.24, 2.45) is 11.7 Å². The van der Waals surface area contributed by atoms with Gasteiger partial charge in [-0.25, -0.2) is 4.79 Å². The fourth-order valence-corrected chi connectivity index (χ4v) is 5.71. The van der Waals surface area contributed by atoms with Gasteiger partial charge in [-0.15, -0.1) is 0 Å². The Morgan fingerprint density at radius 2 is 1.56 bits per heavy atom. The summed E-state index contributed by atoms with van der Waals surface area (Å²) in [5.41, 5.74) is 11.4. The number of amides is 2. The van der Waals surface area contributed by atoms with E-state index in [0.717, 1.165) is 27.8 Å². The minimum atomic E-state index is -0.838. The molecule has 3 aromatic carbocycles. The Balaban J connectivity index is 1.37. The van der Waals surface area contributed by atoms with Crippen LogP contribution in [0.1, 0.15) is 49.3 Å². The fourth-order valence-electron chi connectivity index (χ4n) is 5.71. The van der Waals surface area contributed by atoms with Crippen LogP contribution in [0.25, 0.3) is 11.1 Å². The quantitative estimate of drug-likeness (QED) is 0.377. The molecule has 3 atom stereocenters. The van der Waals surface area contributed by atoms with Gasteiger partial charge in [-0.05, 0) is 46.6 Å². The zero-order valence-electron chi connectivity index (χ0n) is 22.5. The normalized spacial score (nSPS) is 18.9. The molecule has 3 aromatic rings. The Morgan fingerprint density at radius 3 is 2.18 bits per heavy atom. The van der Waals surface area contributed by atoms with Crippen LogP contribution in [0, 0.1) is 5.92 Å². The summed E-state index contributed by atoms with van der Waals surface area (Å²) in [6.07, 6.45) is -0.336. The molecule has 2 amide bonds. The molecule has 1 heterocycles. The molecule has 39 heavy (non-hydrogen) atoms. The fraction of sp³-hybridized carbons (Fsp3) is 0.375. The lowest BCUT2D eigenvalue weighted by molar-refractivity contribution is -0.150. The van der Waals surface area contributed by atoms with Gasteiger partial charge in [0.15, 0.2) is 6.29 Å². The number of rotatable bonds is 10. The van der Waals surface area contributed by atoms with Crippen LogP contribution in [0.15, 0.2) is 78.9 Å². The lowest BCUT2D eigenvalue weighted by Crippen LogP contribution is -2.56. The van der Waals surface area contributed by atoms with Crippen LogP contribution in [-0.2, 0) is 25.6 Å². The molecular formula is C32H36N2O5. The number of carbonyl (C=O) groups is 2. The van der Waals surface area contributed by atoms with Gasteiger partial charge in [0.1, 0.15) is 12.6 Å². The summed E-state index contributed by atoms with van der Waals surface area (Å²) in [5, 5.41) is 0. The van der Waals surface area contributed by atoms with Gasteiger partial charge < -0.3 is 19.9 Å². The van der Waals surface area contributed by atoms with Crippen LogP contribution in [0.3, 0.4) is 0 Å². The van der Waals surface area contributed by atoms with E-state index in [-0.39, 0.29) is 18.4 Å². The van der Waals surface area contributed by atoms with Gasteiger partial charge in [0.05, 0.1) is 19.3 Å². The minimum Gasteiger partial charge on any atom is -0.448 e. The molecule has 7 heteroatoms. The smallest absolute Gasteiger partial charge is 0.410 e. The van der Waals surface area contributed by atoms with E-state index in [1.54, 1.807) is 0 Å². The average Bonchev–Trinajstić information content (AvgIpc) is 3.53. The van der Waals surface area contributed by atoms with E-state index in [4.69, 9.17) is 19.9 Å². The maximum absolute atomic E-state index is 13.8. The largest absolute Gasteiger partial charge is 0.448 e. The Bertz CT molecular complexity index is 1250. The van der Waals surface area contributed by atoms with Gasteiger partial charge in [0, 0.05) is 5.92 Å². The third kappa shape index (κ3) is 5.84. The van der Waals surface area contributed by atoms with Crippen LogP contribution in [0.5, 0.6) is 0 Å². The van der Waals surface area contributed by atoms with E-state index in [0.29, 0.717) is 26.1 Å². The molecule has 2 aliphatic rings. The first kappa shape index (κ1) is 26.9. The number of hydrogen-bond acceptors (Lipinski definition) is 5. The molecular weight excluding hydrogens is 492 g/mol. The number of carbonyl (C=O) groups excluding carboxylic acids is 2. The molecule has 0 aromatic heterocycles. The Labute approximate surface area is 229 Å². The third-order valence-electron chi connectivity index (χ3n) is 7.53. The second kappa shape index (κ2) is 12.0. The highest BCUT2D eigenvalue weighted by Gasteiger charge is 2.43. The first-order chi connectivity index (χ1) is 18.9. The molecule has 2 N–H and O–H groups in total. The first-order valence-corrected chi connectivity index (χ1v) is 13.6. The van der Waals surface area contributed by atoms with Gasteiger partial charge in [-0.3, -0.25) is 9.69 Å². The maximum Gasteiger partial charge on any atom is 0.410 e. The van der Waals surface area contributed by atoms with Gasteiger partial charge >= 0.3 is 6.09 Å². The van der Waals surface area contributed by atoms with Crippen LogP contribution < -0.4 is 5.73 Å². The summed E-state index contributed by atoms with van der Waals surface area (Å²) in [7, 11) is 0. The number of hydrogen-bond donors (Lipinski definition) is 1. The van der Waals surface area contributed by atoms with Gasteiger partial charge in [0.2, 0.25) is 5.91 Å². The molecule has 1 aliphatic carbocycles. The number of benzene rings is 3. The lowest BCUT2D eigenvalue weighted by Gasteiger charge is -2.36. The number of nitrogens with zero attached hydrogens (tertiary/aromatic N) is 1. The van der Waals surface area contributed by atoms with Crippen molar-refractivity contribution in [3.8, 4) is 11.1 Å². The summed E-state index contributed by atoms with van der Waals surface area (Å²) in [5.74, 6) is -0.520. The van der Waals surface area contributed by atoms with E-state index < -0.39 is 30.4 Å². The second-order valence-electron chi connectivity index (χ2n) is 10.7. The van der Waals surface area contributed by atoms with Crippen molar-refractivity contribution in [3.63, 3.8) is 0 Å². The predicted octanol–water partition coefficient (Wildman–Crippen LogP) is 5.47. The van der Waals surface area contributed by atoms with Crippen molar-refractivity contribution in [1.82, 2.24) is 4.90 Å². The van der Waals surface area contributed by atoms with Gasteiger partial charge in [0.25, 0.3) is 0 Å².